The molecule has 0 spiro atoms. The van der Waals surface area contributed by atoms with Crippen LogP contribution in [0, 0.1) is 6.92 Å². The summed E-state index contributed by atoms with van der Waals surface area (Å²) in [7, 11) is 0. The van der Waals surface area contributed by atoms with E-state index in [1.165, 1.54) is 39.2 Å². The maximum atomic E-state index is 12.1. The minimum absolute atomic E-state index is 0.0835. The van der Waals surface area contributed by atoms with E-state index < -0.39 is 5.97 Å². The molecule has 10 heteroatoms. The van der Waals surface area contributed by atoms with Gasteiger partial charge in [-0.25, -0.2) is 14.8 Å². The molecule has 4 aromatic rings. The summed E-state index contributed by atoms with van der Waals surface area (Å²) in [6.45, 7) is 1.75. The van der Waals surface area contributed by atoms with Gasteiger partial charge >= 0.3 is 5.97 Å². The number of aromatic nitrogens is 4. The highest BCUT2D eigenvalue weighted by Crippen LogP contribution is 2.22. The number of fused-ring (bicyclic) bond motifs is 2. The van der Waals surface area contributed by atoms with Crippen molar-refractivity contribution in [2.45, 2.75) is 13.5 Å². The van der Waals surface area contributed by atoms with Crippen molar-refractivity contribution in [2.75, 3.05) is 0 Å². The third-order valence-electron chi connectivity index (χ3n) is 3.62. The topological polar surface area (TPSA) is 78.0 Å². The fourth-order valence-corrected chi connectivity index (χ4v) is 4.34. The molecule has 4 aromatic heterocycles. The fourth-order valence-electron chi connectivity index (χ4n) is 2.44. The number of rotatable bonds is 4. The van der Waals surface area contributed by atoms with Crippen LogP contribution in [0.2, 0.25) is 5.15 Å². The Labute approximate surface area is 159 Å². The maximum absolute atomic E-state index is 12.1. The smallest absolute Gasteiger partial charge is 0.331 e. The highest BCUT2D eigenvalue weighted by atomic mass is 35.5. The first-order chi connectivity index (χ1) is 12.5. The van der Waals surface area contributed by atoms with E-state index in [1.54, 1.807) is 10.5 Å². The number of imidazole rings is 1. The molecule has 4 rings (SSSR count). The molecule has 0 amide bonds. The van der Waals surface area contributed by atoms with E-state index in [4.69, 9.17) is 16.3 Å². The average Bonchev–Trinajstić information content (AvgIpc) is 3.27. The first-order valence-electron chi connectivity index (χ1n) is 7.45. The lowest BCUT2D eigenvalue weighted by Crippen LogP contribution is -2.16. The average molecular weight is 407 g/mol. The largest absolute Gasteiger partial charge is 0.456 e. The number of hydrogen-bond donors (Lipinski definition) is 0. The minimum Gasteiger partial charge on any atom is -0.456 e. The first-order valence-corrected chi connectivity index (χ1v) is 9.59. The number of aryl methyl sites for hydroxylation is 1. The van der Waals surface area contributed by atoms with Gasteiger partial charge in [0, 0.05) is 34.8 Å². The van der Waals surface area contributed by atoms with Gasteiger partial charge < -0.3 is 4.74 Å². The van der Waals surface area contributed by atoms with Crippen LogP contribution in [0.5, 0.6) is 0 Å². The van der Waals surface area contributed by atoms with Crippen molar-refractivity contribution in [1.29, 1.82) is 0 Å². The third kappa shape index (κ3) is 3.05. The fraction of sp³-hybridized carbons (Fsp3) is 0.125. The summed E-state index contributed by atoms with van der Waals surface area (Å²) >= 11 is 8.87. The van der Waals surface area contributed by atoms with Gasteiger partial charge in [0.05, 0.1) is 11.4 Å². The van der Waals surface area contributed by atoms with Gasteiger partial charge in [0.1, 0.15) is 6.61 Å². The molecule has 0 saturated carbocycles. The summed E-state index contributed by atoms with van der Waals surface area (Å²) < 4.78 is 8.47. The normalized spacial score (nSPS) is 11.8. The summed E-state index contributed by atoms with van der Waals surface area (Å²) in [6.07, 6.45) is 4.64. The monoisotopic (exact) mass is 406 g/mol. The lowest BCUT2D eigenvalue weighted by Gasteiger charge is -2.02. The summed E-state index contributed by atoms with van der Waals surface area (Å²) in [6, 6.07) is 1.37. The Kier molecular flexibility index (Phi) is 4.35. The van der Waals surface area contributed by atoms with E-state index in [9.17, 15) is 9.59 Å². The van der Waals surface area contributed by atoms with Crippen molar-refractivity contribution in [3.05, 3.63) is 61.7 Å². The van der Waals surface area contributed by atoms with E-state index in [2.05, 4.69) is 9.97 Å². The molecular formula is C16H11ClN4O3S2. The second-order valence-electron chi connectivity index (χ2n) is 5.37. The Balaban J connectivity index is 1.48. The number of nitrogens with zero attached hydrogens (tertiary/aromatic N) is 4. The molecule has 0 aliphatic carbocycles. The van der Waals surface area contributed by atoms with Gasteiger partial charge in [-0.1, -0.05) is 11.6 Å². The number of thiazole rings is 2. The van der Waals surface area contributed by atoms with Crippen LogP contribution >= 0.6 is 34.3 Å². The Morgan fingerprint density at radius 1 is 1.35 bits per heavy atom. The van der Waals surface area contributed by atoms with Crippen LogP contribution in [0.3, 0.4) is 0 Å². The van der Waals surface area contributed by atoms with Gasteiger partial charge in [0.25, 0.3) is 5.56 Å². The lowest BCUT2D eigenvalue weighted by molar-refractivity contribution is -0.139. The zero-order chi connectivity index (χ0) is 18.3. The molecule has 0 aromatic carbocycles. The van der Waals surface area contributed by atoms with Crippen molar-refractivity contribution in [1.82, 2.24) is 18.8 Å². The molecule has 0 radical (unpaired) electrons. The molecule has 0 bridgehead atoms. The Bertz CT molecular complexity index is 1220. The molecular weight excluding hydrogens is 396 g/mol. The van der Waals surface area contributed by atoms with Crippen LogP contribution in [0.1, 0.15) is 17.1 Å². The van der Waals surface area contributed by atoms with E-state index in [-0.39, 0.29) is 12.2 Å². The molecule has 0 atom stereocenters. The van der Waals surface area contributed by atoms with Crippen molar-refractivity contribution in [2.24, 2.45) is 0 Å². The van der Waals surface area contributed by atoms with Crippen LogP contribution in [-0.2, 0) is 16.1 Å². The molecule has 7 nitrogen and oxygen atoms in total. The lowest BCUT2D eigenvalue weighted by atomic mass is 10.4. The summed E-state index contributed by atoms with van der Waals surface area (Å²) in [5, 5.41) is 4.04. The van der Waals surface area contributed by atoms with E-state index in [0.717, 1.165) is 10.7 Å². The second-order valence-corrected chi connectivity index (χ2v) is 7.43. The summed E-state index contributed by atoms with van der Waals surface area (Å²) in [5.74, 6) is -0.560. The number of carbonyl (C=O) groups is 1. The van der Waals surface area contributed by atoms with Gasteiger partial charge in [-0.05, 0) is 13.0 Å². The molecule has 0 aliphatic heterocycles. The highest BCUT2D eigenvalue weighted by Gasteiger charge is 2.10. The first kappa shape index (κ1) is 17.0. The molecule has 26 heavy (non-hydrogen) atoms. The molecule has 0 aliphatic rings. The van der Waals surface area contributed by atoms with Gasteiger partial charge in [0.2, 0.25) is 0 Å². The predicted octanol–water partition coefficient (Wildman–Crippen LogP) is 3.18. The van der Waals surface area contributed by atoms with Gasteiger partial charge in [-0.2, -0.15) is 0 Å². The summed E-state index contributed by atoms with van der Waals surface area (Å²) in [5.41, 5.74) is 1.64. The van der Waals surface area contributed by atoms with Crippen molar-refractivity contribution >= 4 is 56.2 Å². The van der Waals surface area contributed by atoms with Crippen molar-refractivity contribution in [3.63, 3.8) is 0 Å². The number of carbonyl (C=O) groups excluding carboxylic acids is 1. The molecule has 0 fully saturated rings. The number of hydrogen-bond acceptors (Lipinski definition) is 7. The Hall–Kier alpha value is -2.49. The molecule has 0 N–H and O–H groups in total. The predicted molar refractivity (Wildman–Crippen MR) is 101 cm³/mol. The van der Waals surface area contributed by atoms with Crippen molar-refractivity contribution < 1.29 is 9.53 Å². The van der Waals surface area contributed by atoms with E-state index in [1.807, 2.05) is 23.9 Å². The van der Waals surface area contributed by atoms with Crippen LogP contribution in [0.4, 0.5) is 0 Å². The van der Waals surface area contributed by atoms with Crippen LogP contribution in [0.25, 0.3) is 16.0 Å². The Morgan fingerprint density at radius 2 is 2.19 bits per heavy atom. The zero-order valence-corrected chi connectivity index (χ0v) is 15.8. The number of esters is 1. The molecule has 132 valence electrons. The highest BCUT2D eigenvalue weighted by molar-refractivity contribution is 7.15. The van der Waals surface area contributed by atoms with Crippen LogP contribution < -0.4 is 5.56 Å². The van der Waals surface area contributed by atoms with Crippen molar-refractivity contribution in [3.8, 4) is 0 Å². The number of halogens is 1. The number of ether oxygens (including phenoxy) is 1. The van der Waals surface area contributed by atoms with E-state index >= 15 is 0 Å². The zero-order valence-electron chi connectivity index (χ0n) is 13.4. The van der Waals surface area contributed by atoms with E-state index in [0.29, 0.717) is 21.5 Å². The molecule has 0 saturated heterocycles. The van der Waals surface area contributed by atoms with Crippen LogP contribution in [0.15, 0.2) is 33.9 Å². The van der Waals surface area contributed by atoms with Gasteiger partial charge in [-0.3, -0.25) is 13.6 Å². The standard InChI is InChI=1S/C16H11ClN4O3S2/c1-9-8-26-16-18-10(6-12(22)21(9)16)7-24-13(23)3-2-11-14(17)19-15-20(11)4-5-25-15/h2-6,8H,7H2,1H3/b3-2-. The SMILES string of the molecule is Cc1csc2nc(COC(=O)/C=C\c3c(Cl)nc4sccn34)cc(=O)n12. The third-order valence-corrected chi connectivity index (χ3v) is 5.60. The van der Waals surface area contributed by atoms with Crippen LogP contribution in [-0.4, -0.2) is 24.7 Å². The Morgan fingerprint density at radius 3 is 3.04 bits per heavy atom. The minimum atomic E-state index is -0.560. The molecule has 0 unspecified atom stereocenters. The molecule has 4 heterocycles. The van der Waals surface area contributed by atoms with Gasteiger partial charge in [-0.15, -0.1) is 22.7 Å². The van der Waals surface area contributed by atoms with Gasteiger partial charge in [0.15, 0.2) is 15.1 Å². The quantitative estimate of drug-likeness (QED) is 0.384. The maximum Gasteiger partial charge on any atom is 0.331 e. The summed E-state index contributed by atoms with van der Waals surface area (Å²) in [4.78, 5) is 33.9. The second kappa shape index (κ2) is 6.67.